The van der Waals surface area contributed by atoms with Crippen LogP contribution >= 0.6 is 11.3 Å². The molecular weight excluding hydrogens is 252 g/mol. The fourth-order valence-electron chi connectivity index (χ4n) is 1.99. The van der Waals surface area contributed by atoms with E-state index in [1.807, 2.05) is 10.3 Å². The zero-order valence-electron chi connectivity index (χ0n) is 10.4. The van der Waals surface area contributed by atoms with Gasteiger partial charge in [0.15, 0.2) is 5.13 Å². The second-order valence-corrected chi connectivity index (χ2v) is 4.96. The highest BCUT2D eigenvalue weighted by molar-refractivity contribution is 7.13. The van der Waals surface area contributed by atoms with Gasteiger partial charge in [-0.25, -0.2) is 4.98 Å². The van der Waals surface area contributed by atoms with Crippen LogP contribution in [0.2, 0.25) is 0 Å². The number of rotatable bonds is 4. The summed E-state index contributed by atoms with van der Waals surface area (Å²) in [6.07, 6.45) is 1.28. The number of anilines is 1. The molecule has 2 heterocycles. The van der Waals surface area contributed by atoms with E-state index in [2.05, 4.69) is 9.88 Å². The van der Waals surface area contributed by atoms with Crippen molar-refractivity contribution in [2.75, 3.05) is 44.7 Å². The molecule has 1 aromatic rings. The highest BCUT2D eigenvalue weighted by atomic mass is 32.1. The van der Waals surface area contributed by atoms with Crippen LogP contribution in [-0.2, 0) is 9.53 Å². The number of thiazole rings is 1. The number of methoxy groups -OCH3 is 1. The number of aromatic nitrogens is 1. The van der Waals surface area contributed by atoms with Gasteiger partial charge in [0.25, 0.3) is 5.91 Å². The Morgan fingerprint density at radius 3 is 2.78 bits per heavy atom. The van der Waals surface area contributed by atoms with E-state index in [0.29, 0.717) is 13.1 Å². The zero-order valence-corrected chi connectivity index (χ0v) is 11.2. The van der Waals surface area contributed by atoms with Crippen molar-refractivity contribution in [1.29, 1.82) is 0 Å². The van der Waals surface area contributed by atoms with Crippen LogP contribution in [0.3, 0.4) is 0 Å². The molecule has 0 radical (unpaired) electrons. The number of carbonyl (C=O) groups is 1. The Morgan fingerprint density at radius 2 is 2.28 bits per heavy atom. The maximum atomic E-state index is 12.0. The van der Waals surface area contributed by atoms with E-state index in [-0.39, 0.29) is 12.5 Å². The predicted octanol–water partition coefficient (Wildman–Crippen LogP) is -0.235. The maximum Gasteiger partial charge on any atom is 0.253 e. The first-order valence-corrected chi connectivity index (χ1v) is 6.80. The van der Waals surface area contributed by atoms with Gasteiger partial charge in [0.2, 0.25) is 0 Å². The van der Waals surface area contributed by atoms with Gasteiger partial charge in [0.05, 0.1) is 0 Å². The predicted molar refractivity (Wildman–Crippen MR) is 70.8 cm³/mol. The minimum Gasteiger partial charge on any atom is -0.370 e. The van der Waals surface area contributed by atoms with Crippen molar-refractivity contribution in [3.05, 3.63) is 11.6 Å². The second kappa shape index (κ2) is 6.12. The quantitative estimate of drug-likeness (QED) is 0.818. The van der Waals surface area contributed by atoms with Gasteiger partial charge in [0.1, 0.15) is 6.10 Å². The molecule has 1 aliphatic rings. The number of amides is 1. The van der Waals surface area contributed by atoms with Crippen molar-refractivity contribution in [1.82, 2.24) is 9.88 Å². The molecule has 0 aromatic carbocycles. The lowest BCUT2D eigenvalue weighted by molar-refractivity contribution is -0.141. The van der Waals surface area contributed by atoms with Crippen molar-refractivity contribution in [2.24, 2.45) is 5.73 Å². The van der Waals surface area contributed by atoms with Gasteiger partial charge in [-0.2, -0.15) is 0 Å². The lowest BCUT2D eigenvalue weighted by atomic mass is 10.2. The van der Waals surface area contributed by atoms with Crippen LogP contribution in [0, 0.1) is 0 Å². The van der Waals surface area contributed by atoms with Gasteiger partial charge < -0.3 is 20.3 Å². The molecule has 1 amide bonds. The van der Waals surface area contributed by atoms with Gasteiger partial charge >= 0.3 is 0 Å². The van der Waals surface area contributed by atoms with E-state index in [0.717, 1.165) is 18.2 Å². The first kappa shape index (κ1) is 13.3. The number of ether oxygens (including phenoxy) is 1. The molecule has 0 bridgehead atoms. The Hall–Kier alpha value is -1.18. The van der Waals surface area contributed by atoms with Gasteiger partial charge in [-0.15, -0.1) is 11.3 Å². The Bertz CT molecular complexity index is 372. The fraction of sp³-hybridized carbons (Fsp3) is 0.636. The third-order valence-corrected chi connectivity index (χ3v) is 3.89. The summed E-state index contributed by atoms with van der Waals surface area (Å²) < 4.78 is 5.07. The number of nitrogens with zero attached hydrogens (tertiary/aromatic N) is 3. The van der Waals surface area contributed by atoms with Crippen molar-refractivity contribution >= 4 is 22.4 Å². The third kappa shape index (κ3) is 2.80. The van der Waals surface area contributed by atoms with Crippen LogP contribution in [-0.4, -0.2) is 61.7 Å². The Morgan fingerprint density at radius 1 is 1.56 bits per heavy atom. The summed E-state index contributed by atoms with van der Waals surface area (Å²) in [5.74, 6) is -0.0150. The van der Waals surface area contributed by atoms with Crippen LogP contribution < -0.4 is 10.6 Å². The number of hydrogen-bond donors (Lipinski definition) is 1. The average Bonchev–Trinajstić information content (AvgIpc) is 2.94. The molecule has 18 heavy (non-hydrogen) atoms. The van der Waals surface area contributed by atoms with Crippen LogP contribution in [0.5, 0.6) is 0 Å². The Kier molecular flexibility index (Phi) is 4.51. The minimum absolute atomic E-state index is 0.0150. The van der Waals surface area contributed by atoms with Crippen molar-refractivity contribution < 1.29 is 9.53 Å². The van der Waals surface area contributed by atoms with Crippen LogP contribution in [0.15, 0.2) is 11.6 Å². The summed E-state index contributed by atoms with van der Waals surface area (Å²) in [6, 6.07) is 0. The molecule has 1 saturated heterocycles. The summed E-state index contributed by atoms with van der Waals surface area (Å²) in [5, 5.41) is 2.98. The monoisotopic (exact) mass is 270 g/mol. The van der Waals surface area contributed by atoms with Crippen molar-refractivity contribution in [3.63, 3.8) is 0 Å². The van der Waals surface area contributed by atoms with Gasteiger partial charge in [-0.1, -0.05) is 0 Å². The van der Waals surface area contributed by atoms with E-state index >= 15 is 0 Å². The molecule has 1 unspecified atom stereocenters. The average molecular weight is 270 g/mol. The van der Waals surface area contributed by atoms with Crippen LogP contribution in [0.25, 0.3) is 0 Å². The number of piperazine rings is 1. The molecule has 7 heteroatoms. The fourth-order valence-corrected chi connectivity index (χ4v) is 2.69. The van der Waals surface area contributed by atoms with Crippen molar-refractivity contribution in [2.45, 2.75) is 6.10 Å². The first-order chi connectivity index (χ1) is 8.76. The van der Waals surface area contributed by atoms with Crippen LogP contribution in [0.4, 0.5) is 5.13 Å². The van der Waals surface area contributed by atoms with Crippen LogP contribution in [0.1, 0.15) is 0 Å². The SMILES string of the molecule is COC(CN)C(=O)N1CCN(c2nccs2)CC1. The molecular formula is C11H18N4O2S. The summed E-state index contributed by atoms with van der Waals surface area (Å²) in [5.41, 5.74) is 5.50. The van der Waals surface area contributed by atoms with Gasteiger partial charge in [-0.3, -0.25) is 4.79 Å². The Balaban J connectivity index is 1.88. The second-order valence-electron chi connectivity index (χ2n) is 4.09. The molecule has 0 aliphatic carbocycles. The number of nitrogens with two attached hydrogens (primary N) is 1. The topological polar surface area (TPSA) is 71.7 Å². The summed E-state index contributed by atoms with van der Waals surface area (Å²) in [4.78, 5) is 20.3. The molecule has 1 fully saturated rings. The molecule has 2 rings (SSSR count). The lowest BCUT2D eigenvalue weighted by Crippen LogP contribution is -2.53. The summed E-state index contributed by atoms with van der Waals surface area (Å²) >= 11 is 1.62. The molecule has 0 spiro atoms. The van der Waals surface area contributed by atoms with E-state index in [9.17, 15) is 4.79 Å². The highest BCUT2D eigenvalue weighted by Crippen LogP contribution is 2.19. The molecule has 0 saturated carbocycles. The van der Waals surface area contributed by atoms with E-state index in [1.165, 1.54) is 7.11 Å². The molecule has 100 valence electrons. The normalized spacial score (nSPS) is 17.9. The molecule has 1 aliphatic heterocycles. The number of hydrogen-bond acceptors (Lipinski definition) is 6. The molecule has 2 N–H and O–H groups in total. The minimum atomic E-state index is -0.517. The molecule has 6 nitrogen and oxygen atoms in total. The zero-order chi connectivity index (χ0) is 13.0. The van der Waals surface area contributed by atoms with E-state index in [1.54, 1.807) is 17.5 Å². The largest absolute Gasteiger partial charge is 0.370 e. The smallest absolute Gasteiger partial charge is 0.253 e. The third-order valence-electron chi connectivity index (χ3n) is 3.06. The molecule has 1 atom stereocenters. The van der Waals surface area contributed by atoms with Gasteiger partial charge in [-0.05, 0) is 0 Å². The maximum absolute atomic E-state index is 12.0. The van der Waals surface area contributed by atoms with E-state index in [4.69, 9.17) is 10.5 Å². The lowest BCUT2D eigenvalue weighted by Gasteiger charge is -2.35. The summed E-state index contributed by atoms with van der Waals surface area (Å²) in [6.45, 7) is 3.22. The summed E-state index contributed by atoms with van der Waals surface area (Å²) in [7, 11) is 1.52. The van der Waals surface area contributed by atoms with Gasteiger partial charge in [0, 0.05) is 51.4 Å². The van der Waals surface area contributed by atoms with E-state index < -0.39 is 6.10 Å². The standard InChI is InChI=1S/C11H18N4O2S/c1-17-9(8-12)10(16)14-3-5-15(6-4-14)11-13-2-7-18-11/h2,7,9H,3-6,8,12H2,1H3. The van der Waals surface area contributed by atoms with Crippen molar-refractivity contribution in [3.8, 4) is 0 Å². The Labute approximate surface area is 110 Å². The first-order valence-electron chi connectivity index (χ1n) is 5.92. The molecule has 1 aromatic heterocycles. The highest BCUT2D eigenvalue weighted by Gasteiger charge is 2.27. The number of carbonyl (C=O) groups excluding carboxylic acids is 1.